The number of aromatic nitrogens is 2. The van der Waals surface area contributed by atoms with E-state index in [1.54, 1.807) is 23.4 Å². The minimum atomic E-state index is -3.17. The number of sulfone groups is 1. The molecule has 1 N–H and O–H groups in total. The molecule has 7 nitrogen and oxygen atoms in total. The number of benzene rings is 1. The molecule has 0 saturated carbocycles. The van der Waals surface area contributed by atoms with Gasteiger partial charge in [-0.3, -0.25) is 4.79 Å². The van der Waals surface area contributed by atoms with Gasteiger partial charge in [-0.05, 0) is 20.2 Å². The van der Waals surface area contributed by atoms with Crippen LogP contribution >= 0.6 is 0 Å². The number of carbonyl (C=O) groups excluding carboxylic acids is 1. The molecule has 1 aromatic carbocycles. The molecule has 2 aliphatic rings. The van der Waals surface area contributed by atoms with Crippen molar-refractivity contribution < 1.29 is 13.2 Å². The van der Waals surface area contributed by atoms with Crippen LogP contribution < -0.4 is 0 Å². The van der Waals surface area contributed by atoms with Gasteiger partial charge in [0.1, 0.15) is 5.82 Å². The lowest BCUT2D eigenvalue weighted by atomic mass is 10.00. The van der Waals surface area contributed by atoms with E-state index >= 15 is 0 Å². The molecule has 0 radical (unpaired) electrons. The summed E-state index contributed by atoms with van der Waals surface area (Å²) in [6, 6.07) is 7.26. The maximum Gasteiger partial charge on any atom is 0.254 e. The molecule has 2 aromatic rings. The Bertz CT molecular complexity index is 924. The highest BCUT2D eigenvalue weighted by Crippen LogP contribution is 2.37. The fourth-order valence-corrected chi connectivity index (χ4v) is 6.67. The third kappa shape index (κ3) is 2.73. The van der Waals surface area contributed by atoms with Crippen molar-refractivity contribution in [2.24, 2.45) is 5.92 Å². The third-order valence-corrected chi connectivity index (χ3v) is 7.76. The quantitative estimate of drug-likeness (QED) is 0.862. The van der Waals surface area contributed by atoms with Crippen LogP contribution in [-0.2, 0) is 9.84 Å². The van der Waals surface area contributed by atoms with Crippen molar-refractivity contribution in [3.05, 3.63) is 42.2 Å². The van der Waals surface area contributed by atoms with Gasteiger partial charge in [-0.1, -0.05) is 18.2 Å². The number of nitrogens with zero attached hydrogens (tertiary/aromatic N) is 3. The van der Waals surface area contributed by atoms with Crippen molar-refractivity contribution in [2.45, 2.75) is 11.3 Å². The number of aromatic amines is 1. The molecule has 2 aliphatic heterocycles. The van der Waals surface area contributed by atoms with E-state index < -0.39 is 15.1 Å². The van der Waals surface area contributed by atoms with Crippen LogP contribution in [0.3, 0.4) is 0 Å². The number of nitrogens with one attached hydrogen (secondary N) is 1. The molecule has 0 unspecified atom stereocenters. The van der Waals surface area contributed by atoms with Crippen LogP contribution in [0.4, 0.5) is 0 Å². The number of rotatable bonds is 3. The van der Waals surface area contributed by atoms with E-state index in [1.165, 1.54) is 0 Å². The van der Waals surface area contributed by atoms with E-state index in [0.717, 1.165) is 5.56 Å². The normalized spacial score (nSPS) is 27.0. The van der Waals surface area contributed by atoms with Gasteiger partial charge in [-0.25, -0.2) is 13.4 Å². The van der Waals surface area contributed by atoms with Crippen LogP contribution in [0.5, 0.6) is 0 Å². The van der Waals surface area contributed by atoms with Crippen molar-refractivity contribution in [3.63, 3.8) is 0 Å². The molecule has 3 heterocycles. The van der Waals surface area contributed by atoms with Gasteiger partial charge in [-0.15, -0.1) is 0 Å². The highest BCUT2D eigenvalue weighted by Gasteiger charge is 2.53. The molecule has 1 aromatic heterocycles. The van der Waals surface area contributed by atoms with Crippen LogP contribution in [0.15, 0.2) is 36.7 Å². The Morgan fingerprint density at radius 3 is 2.73 bits per heavy atom. The standard InChI is InChI=1S/C18H22N4O3S/c1-21(2)15-11-26(24,25)16-10-22(9-14(15)16)18(23)13-6-4-3-5-12(13)17-19-7-8-20-17/h3-8,14-16H,9-11H2,1-2H3,(H,19,20)/t14-,15+,16-/m0/s1. The second-order valence-corrected chi connectivity index (χ2v) is 9.52. The molecule has 0 bridgehead atoms. The number of carbonyl (C=O) groups is 1. The third-order valence-electron chi connectivity index (χ3n) is 5.53. The number of imidazole rings is 1. The average molecular weight is 374 g/mol. The van der Waals surface area contributed by atoms with E-state index in [4.69, 9.17) is 0 Å². The summed E-state index contributed by atoms with van der Waals surface area (Å²) in [5.41, 5.74) is 1.27. The smallest absolute Gasteiger partial charge is 0.254 e. The second kappa shape index (κ2) is 6.21. The molecule has 1 amide bonds. The molecular formula is C18H22N4O3S. The van der Waals surface area contributed by atoms with E-state index in [0.29, 0.717) is 17.9 Å². The summed E-state index contributed by atoms with van der Waals surface area (Å²) >= 11 is 0. The van der Waals surface area contributed by atoms with Gasteiger partial charge in [-0.2, -0.15) is 0 Å². The molecule has 0 aliphatic carbocycles. The molecule has 2 saturated heterocycles. The summed E-state index contributed by atoms with van der Waals surface area (Å²) in [6.07, 6.45) is 3.36. The van der Waals surface area contributed by atoms with Crippen LogP contribution in [0.1, 0.15) is 10.4 Å². The SMILES string of the molecule is CN(C)[C@@H]1CS(=O)(=O)[C@H]2CN(C(=O)c3ccccc3-c3ncc[nH]3)C[C@@H]12. The fourth-order valence-electron chi connectivity index (χ4n) is 4.19. The molecule has 4 rings (SSSR count). The number of H-pyrrole nitrogens is 1. The Kier molecular flexibility index (Phi) is 4.11. The topological polar surface area (TPSA) is 86.4 Å². The van der Waals surface area contributed by atoms with E-state index in [9.17, 15) is 13.2 Å². The van der Waals surface area contributed by atoms with Crippen LogP contribution in [0.25, 0.3) is 11.4 Å². The van der Waals surface area contributed by atoms with Gasteiger partial charge >= 0.3 is 0 Å². The summed E-state index contributed by atoms with van der Waals surface area (Å²) in [6.45, 7) is 0.737. The first-order valence-corrected chi connectivity index (χ1v) is 10.4. The van der Waals surface area contributed by atoms with Gasteiger partial charge in [0.25, 0.3) is 5.91 Å². The van der Waals surface area contributed by atoms with Crippen LogP contribution in [0.2, 0.25) is 0 Å². The minimum absolute atomic E-state index is 0.0327. The summed E-state index contributed by atoms with van der Waals surface area (Å²) in [5.74, 6) is 0.640. The average Bonchev–Trinajstić information content (AvgIpc) is 3.32. The van der Waals surface area contributed by atoms with Gasteiger partial charge < -0.3 is 14.8 Å². The van der Waals surface area contributed by atoms with Gasteiger partial charge in [0.2, 0.25) is 0 Å². The Labute approximate surface area is 152 Å². The van der Waals surface area contributed by atoms with Gasteiger partial charge in [0.15, 0.2) is 9.84 Å². The minimum Gasteiger partial charge on any atom is -0.345 e. The van der Waals surface area contributed by atoms with E-state index in [2.05, 4.69) is 9.97 Å². The summed E-state index contributed by atoms with van der Waals surface area (Å²) < 4.78 is 25.1. The first-order valence-electron chi connectivity index (χ1n) is 8.64. The second-order valence-electron chi connectivity index (χ2n) is 7.26. The van der Waals surface area contributed by atoms with E-state index in [-0.39, 0.29) is 30.2 Å². The lowest BCUT2D eigenvalue weighted by Crippen LogP contribution is -2.38. The molecule has 8 heteroatoms. The molecule has 26 heavy (non-hydrogen) atoms. The van der Waals surface area contributed by atoms with Crippen molar-refractivity contribution in [1.29, 1.82) is 0 Å². The highest BCUT2D eigenvalue weighted by molar-refractivity contribution is 7.92. The van der Waals surface area contributed by atoms with Crippen LogP contribution in [0, 0.1) is 5.92 Å². The van der Waals surface area contributed by atoms with Gasteiger partial charge in [0, 0.05) is 43.0 Å². The Morgan fingerprint density at radius 2 is 2.04 bits per heavy atom. The Balaban J connectivity index is 1.64. The predicted octanol–water partition coefficient (Wildman–Crippen LogP) is 0.876. The Morgan fingerprint density at radius 1 is 1.27 bits per heavy atom. The summed E-state index contributed by atoms with van der Waals surface area (Å²) in [5, 5.41) is -0.463. The zero-order chi connectivity index (χ0) is 18.5. The zero-order valence-corrected chi connectivity index (χ0v) is 15.6. The maximum atomic E-state index is 13.2. The number of hydrogen-bond acceptors (Lipinski definition) is 5. The van der Waals surface area contributed by atoms with E-state index in [1.807, 2.05) is 37.2 Å². The lowest BCUT2D eigenvalue weighted by Gasteiger charge is -2.25. The fraction of sp³-hybridized carbons (Fsp3) is 0.444. The molecule has 2 fully saturated rings. The molecule has 0 spiro atoms. The van der Waals surface area contributed by atoms with Crippen molar-refractivity contribution >= 4 is 15.7 Å². The number of hydrogen-bond donors (Lipinski definition) is 1. The first-order chi connectivity index (χ1) is 12.4. The molecule has 138 valence electrons. The lowest BCUT2D eigenvalue weighted by molar-refractivity contribution is 0.0780. The zero-order valence-electron chi connectivity index (χ0n) is 14.8. The maximum absolute atomic E-state index is 13.2. The predicted molar refractivity (Wildman–Crippen MR) is 98.5 cm³/mol. The summed E-state index contributed by atoms with van der Waals surface area (Å²) in [4.78, 5) is 24.1. The van der Waals surface area contributed by atoms with Gasteiger partial charge in [0.05, 0.1) is 16.6 Å². The largest absolute Gasteiger partial charge is 0.345 e. The van der Waals surface area contributed by atoms with Crippen molar-refractivity contribution in [2.75, 3.05) is 32.9 Å². The van der Waals surface area contributed by atoms with Crippen molar-refractivity contribution in [1.82, 2.24) is 19.8 Å². The number of likely N-dealkylation sites (tertiary alicyclic amines) is 1. The van der Waals surface area contributed by atoms with Crippen molar-refractivity contribution in [3.8, 4) is 11.4 Å². The highest BCUT2D eigenvalue weighted by atomic mass is 32.2. The van der Waals surface area contributed by atoms with Crippen LogP contribution in [-0.4, -0.2) is 78.3 Å². The monoisotopic (exact) mass is 374 g/mol. The molecule has 3 atom stereocenters. The number of amides is 1. The number of fused-ring (bicyclic) bond motifs is 1. The summed E-state index contributed by atoms with van der Waals surface area (Å²) in [7, 11) is 0.630. The molecular weight excluding hydrogens is 352 g/mol. The Hall–Kier alpha value is -2.19. The first kappa shape index (κ1) is 17.2.